The van der Waals surface area contributed by atoms with E-state index in [2.05, 4.69) is 10.4 Å². The molecule has 2 unspecified atom stereocenters. The Hall–Kier alpha value is -2.35. The lowest BCUT2D eigenvalue weighted by atomic mass is 9.91. The molecule has 0 bridgehead atoms. The van der Waals surface area contributed by atoms with Crippen molar-refractivity contribution in [2.75, 3.05) is 5.32 Å². The summed E-state index contributed by atoms with van der Waals surface area (Å²) in [6.45, 7) is 5.71. The summed E-state index contributed by atoms with van der Waals surface area (Å²) in [7, 11) is 1.81. The molecule has 2 amide bonds. The molecule has 8 heteroatoms. The first kappa shape index (κ1) is 19.9. The first-order valence-corrected chi connectivity index (χ1v) is 11.0. The van der Waals surface area contributed by atoms with E-state index in [0.29, 0.717) is 11.3 Å². The third-order valence-corrected chi connectivity index (χ3v) is 6.46. The van der Waals surface area contributed by atoms with Crippen LogP contribution in [-0.2, 0) is 11.8 Å². The van der Waals surface area contributed by atoms with Crippen molar-refractivity contribution in [2.24, 2.45) is 7.05 Å². The second kappa shape index (κ2) is 7.48. The van der Waals surface area contributed by atoms with Crippen molar-refractivity contribution in [3.63, 3.8) is 0 Å². The molecule has 2 aliphatic rings. The Morgan fingerprint density at radius 2 is 2.10 bits per heavy atom. The second-order valence-electron chi connectivity index (χ2n) is 8.98. The first-order chi connectivity index (χ1) is 13.7. The third-order valence-electron chi connectivity index (χ3n) is 5.40. The number of hydrogen-bond donors (Lipinski definition) is 1. The number of nitrogens with one attached hydrogen (secondary N) is 1. The number of aromatic nitrogens is 2. The smallest absolute Gasteiger partial charge is 0.410 e. The van der Waals surface area contributed by atoms with Crippen molar-refractivity contribution in [1.82, 2.24) is 14.7 Å². The average molecular weight is 417 g/mol. The molecule has 4 rings (SSSR count). The maximum absolute atomic E-state index is 12.8. The molecule has 1 N–H and O–H groups in total. The standard InChI is InChI=1S/C21H28N4O3S/c1-21(2,3)28-20(27)25(15-6-5-7-15)17-9-16(17)18-8-13(12-29-18)19(26)23-14-10-22-24(4)11-14/h8,10-12,15-17H,5-7,9H2,1-4H3,(H,23,26). The van der Waals surface area contributed by atoms with Crippen molar-refractivity contribution in [1.29, 1.82) is 0 Å². The molecule has 0 radical (unpaired) electrons. The first-order valence-electron chi connectivity index (χ1n) is 10.1. The van der Waals surface area contributed by atoms with Crippen molar-refractivity contribution in [3.8, 4) is 0 Å². The van der Waals surface area contributed by atoms with Gasteiger partial charge in [0, 0.05) is 41.5 Å². The fourth-order valence-corrected chi connectivity index (χ4v) is 4.75. The van der Waals surface area contributed by atoms with Gasteiger partial charge < -0.3 is 15.0 Å². The lowest BCUT2D eigenvalue weighted by molar-refractivity contribution is 0.00410. The van der Waals surface area contributed by atoms with Crippen LogP contribution in [0.3, 0.4) is 0 Å². The Kier molecular flexibility index (Phi) is 5.14. The fourth-order valence-electron chi connectivity index (χ4n) is 3.68. The third kappa shape index (κ3) is 4.47. The van der Waals surface area contributed by atoms with E-state index < -0.39 is 5.60 Å². The molecule has 2 aliphatic carbocycles. The Morgan fingerprint density at radius 3 is 2.69 bits per heavy atom. The van der Waals surface area contributed by atoms with Gasteiger partial charge >= 0.3 is 6.09 Å². The molecule has 156 valence electrons. The minimum atomic E-state index is -0.496. The van der Waals surface area contributed by atoms with Gasteiger partial charge in [-0.05, 0) is 52.5 Å². The van der Waals surface area contributed by atoms with Gasteiger partial charge in [0.25, 0.3) is 5.91 Å². The van der Waals surface area contributed by atoms with Gasteiger partial charge in [-0.15, -0.1) is 11.3 Å². The Bertz CT molecular complexity index is 909. The lowest BCUT2D eigenvalue weighted by Crippen LogP contribution is -2.48. The van der Waals surface area contributed by atoms with Gasteiger partial charge in [-0.25, -0.2) is 4.79 Å². The SMILES string of the molecule is Cn1cc(NC(=O)c2csc(C3CC3N(C(=O)OC(C)(C)C)C3CCC3)c2)cn1. The number of amides is 2. The van der Waals surface area contributed by atoms with Crippen molar-refractivity contribution < 1.29 is 14.3 Å². The van der Waals surface area contributed by atoms with Gasteiger partial charge in [0.05, 0.1) is 17.4 Å². The molecule has 0 aromatic carbocycles. The molecular formula is C21H28N4O3S. The second-order valence-corrected chi connectivity index (χ2v) is 9.92. The molecule has 2 aromatic heterocycles. The molecule has 0 aliphatic heterocycles. The molecule has 29 heavy (non-hydrogen) atoms. The summed E-state index contributed by atoms with van der Waals surface area (Å²) in [5, 5.41) is 8.82. The van der Waals surface area contributed by atoms with Crippen LogP contribution >= 0.6 is 11.3 Å². The molecule has 2 heterocycles. The zero-order chi connectivity index (χ0) is 20.8. The number of thiophene rings is 1. The van der Waals surface area contributed by atoms with Crippen LogP contribution in [-0.4, -0.2) is 44.4 Å². The predicted octanol–water partition coefficient (Wildman–Crippen LogP) is 4.38. The van der Waals surface area contributed by atoms with Crippen molar-refractivity contribution in [3.05, 3.63) is 34.3 Å². The lowest BCUT2D eigenvalue weighted by Gasteiger charge is -2.38. The van der Waals surface area contributed by atoms with Crippen LogP contribution < -0.4 is 5.32 Å². The summed E-state index contributed by atoms with van der Waals surface area (Å²) in [4.78, 5) is 28.4. The van der Waals surface area contributed by atoms with Crippen LogP contribution in [0.15, 0.2) is 23.8 Å². The normalized spacial score (nSPS) is 21.4. The molecular weight excluding hydrogens is 388 g/mol. The monoisotopic (exact) mass is 416 g/mol. The molecule has 2 atom stereocenters. The number of aryl methyl sites for hydroxylation is 1. The number of carbonyl (C=O) groups is 2. The number of hydrogen-bond acceptors (Lipinski definition) is 5. The number of anilines is 1. The Labute approximate surface area is 175 Å². The summed E-state index contributed by atoms with van der Waals surface area (Å²) < 4.78 is 7.32. The fraction of sp³-hybridized carbons (Fsp3) is 0.571. The molecule has 2 fully saturated rings. The van der Waals surface area contributed by atoms with E-state index in [1.165, 1.54) is 6.42 Å². The maximum Gasteiger partial charge on any atom is 0.410 e. The van der Waals surface area contributed by atoms with Gasteiger partial charge in [0.15, 0.2) is 0 Å². The van der Waals surface area contributed by atoms with E-state index in [4.69, 9.17) is 4.74 Å². The molecule has 0 saturated heterocycles. The minimum Gasteiger partial charge on any atom is -0.444 e. The topological polar surface area (TPSA) is 76.5 Å². The van der Waals surface area contributed by atoms with Crippen LogP contribution in [0.1, 0.15) is 67.6 Å². The number of carbonyl (C=O) groups excluding carboxylic acids is 2. The summed E-state index contributed by atoms with van der Waals surface area (Å²) in [5.74, 6) is 0.147. The summed E-state index contributed by atoms with van der Waals surface area (Å²) in [6, 6.07) is 2.41. The highest BCUT2D eigenvalue weighted by molar-refractivity contribution is 7.10. The highest BCUT2D eigenvalue weighted by atomic mass is 32.1. The van der Waals surface area contributed by atoms with Crippen LogP contribution in [0.25, 0.3) is 0 Å². The Balaban J connectivity index is 1.42. The van der Waals surface area contributed by atoms with Crippen LogP contribution in [0, 0.1) is 0 Å². The predicted molar refractivity (Wildman–Crippen MR) is 112 cm³/mol. The van der Waals surface area contributed by atoms with E-state index in [0.717, 1.165) is 24.1 Å². The largest absolute Gasteiger partial charge is 0.444 e. The average Bonchev–Trinajstić information content (AvgIpc) is 2.99. The van der Waals surface area contributed by atoms with Crippen molar-refractivity contribution >= 4 is 29.0 Å². The summed E-state index contributed by atoms with van der Waals surface area (Å²) in [6.07, 6.45) is 7.37. The maximum atomic E-state index is 12.8. The zero-order valence-electron chi connectivity index (χ0n) is 17.3. The van der Waals surface area contributed by atoms with Gasteiger partial charge in [-0.2, -0.15) is 5.10 Å². The van der Waals surface area contributed by atoms with E-state index >= 15 is 0 Å². The molecule has 2 saturated carbocycles. The van der Waals surface area contributed by atoms with Crippen LogP contribution in [0.5, 0.6) is 0 Å². The van der Waals surface area contributed by atoms with Crippen LogP contribution in [0.2, 0.25) is 0 Å². The number of nitrogens with zero attached hydrogens (tertiary/aromatic N) is 3. The van der Waals surface area contributed by atoms with Gasteiger partial charge in [0.2, 0.25) is 0 Å². The highest BCUT2D eigenvalue weighted by Crippen LogP contribution is 2.49. The van der Waals surface area contributed by atoms with Gasteiger partial charge in [-0.1, -0.05) is 0 Å². The van der Waals surface area contributed by atoms with Crippen LogP contribution in [0.4, 0.5) is 10.5 Å². The Morgan fingerprint density at radius 1 is 1.34 bits per heavy atom. The van der Waals surface area contributed by atoms with Gasteiger partial charge in [0.1, 0.15) is 5.60 Å². The van der Waals surface area contributed by atoms with E-state index in [9.17, 15) is 9.59 Å². The minimum absolute atomic E-state index is 0.138. The quantitative estimate of drug-likeness (QED) is 0.785. The summed E-state index contributed by atoms with van der Waals surface area (Å²) in [5.41, 5.74) is 0.826. The molecule has 0 spiro atoms. The van der Waals surface area contributed by atoms with E-state index in [-0.39, 0.29) is 30.0 Å². The highest BCUT2D eigenvalue weighted by Gasteiger charge is 2.50. The van der Waals surface area contributed by atoms with E-state index in [1.54, 1.807) is 28.4 Å². The zero-order valence-corrected chi connectivity index (χ0v) is 18.2. The molecule has 7 nitrogen and oxygen atoms in total. The number of ether oxygens (including phenoxy) is 1. The van der Waals surface area contributed by atoms with Gasteiger partial charge in [-0.3, -0.25) is 9.48 Å². The summed E-state index contributed by atoms with van der Waals surface area (Å²) >= 11 is 1.59. The van der Waals surface area contributed by atoms with E-state index in [1.807, 2.05) is 44.2 Å². The molecule has 2 aromatic rings. The number of rotatable bonds is 5. The van der Waals surface area contributed by atoms with Crippen molar-refractivity contribution in [2.45, 2.75) is 70.1 Å².